The summed E-state index contributed by atoms with van der Waals surface area (Å²) in [4.78, 5) is 11.7. The van der Waals surface area contributed by atoms with Gasteiger partial charge in [-0.15, -0.1) is 0 Å². The van der Waals surface area contributed by atoms with Crippen molar-refractivity contribution in [3.05, 3.63) is 35.6 Å². The first-order valence-electron chi connectivity index (χ1n) is 6.93. The Bertz CT molecular complexity index is 418. The molecule has 3 nitrogen and oxygen atoms in total. The number of carbonyl (C=O) groups excluding carboxylic acids is 1. The standard InChI is InChI=1S/C15H20FNO2S/c16-14-4-2-12(3-5-14)11-20-9-1-7-17-15(18)13-6-8-19-10-13/h2-5,13H,1,6-11H2,(H,17,18)/t13-/m1/s1. The molecule has 1 aromatic rings. The van der Waals surface area contributed by atoms with Crippen LogP contribution >= 0.6 is 11.8 Å². The summed E-state index contributed by atoms with van der Waals surface area (Å²) in [6.07, 6.45) is 1.79. The Morgan fingerprint density at radius 2 is 2.20 bits per heavy atom. The van der Waals surface area contributed by atoms with Crippen LogP contribution in [0.1, 0.15) is 18.4 Å². The van der Waals surface area contributed by atoms with Crippen molar-refractivity contribution in [1.82, 2.24) is 5.32 Å². The molecule has 1 aliphatic rings. The SMILES string of the molecule is O=C(NCCCSCc1ccc(F)cc1)[C@@H]1CCOC1. The smallest absolute Gasteiger partial charge is 0.225 e. The molecule has 0 aliphatic carbocycles. The van der Waals surface area contributed by atoms with Crippen molar-refractivity contribution >= 4 is 17.7 Å². The fraction of sp³-hybridized carbons (Fsp3) is 0.533. The molecule has 0 aromatic heterocycles. The van der Waals surface area contributed by atoms with Gasteiger partial charge in [0.15, 0.2) is 0 Å². The van der Waals surface area contributed by atoms with E-state index in [4.69, 9.17) is 4.74 Å². The second kappa shape index (κ2) is 8.27. The van der Waals surface area contributed by atoms with E-state index in [0.717, 1.165) is 29.9 Å². The number of amides is 1. The molecule has 20 heavy (non-hydrogen) atoms. The van der Waals surface area contributed by atoms with Gasteiger partial charge in [0.2, 0.25) is 5.91 Å². The number of nitrogens with one attached hydrogen (secondary N) is 1. The van der Waals surface area contributed by atoms with Gasteiger partial charge in [0.1, 0.15) is 5.82 Å². The predicted octanol–water partition coefficient (Wildman–Crippen LogP) is 2.60. The normalized spacial score (nSPS) is 18.1. The highest BCUT2D eigenvalue weighted by atomic mass is 32.2. The van der Waals surface area contributed by atoms with E-state index < -0.39 is 0 Å². The summed E-state index contributed by atoms with van der Waals surface area (Å²) < 4.78 is 17.9. The van der Waals surface area contributed by atoms with E-state index in [2.05, 4.69) is 5.32 Å². The molecule has 0 unspecified atom stereocenters. The third-order valence-electron chi connectivity index (χ3n) is 3.25. The minimum atomic E-state index is -0.197. The number of hydrogen-bond acceptors (Lipinski definition) is 3. The lowest BCUT2D eigenvalue weighted by Gasteiger charge is -2.09. The summed E-state index contributed by atoms with van der Waals surface area (Å²) in [5.74, 6) is 1.83. The number of ether oxygens (including phenoxy) is 1. The van der Waals surface area contributed by atoms with Gasteiger partial charge in [0.25, 0.3) is 0 Å². The molecule has 110 valence electrons. The molecule has 1 aliphatic heterocycles. The van der Waals surface area contributed by atoms with Crippen LogP contribution in [-0.2, 0) is 15.3 Å². The second-order valence-corrected chi connectivity index (χ2v) is 5.99. The van der Waals surface area contributed by atoms with Gasteiger partial charge in [-0.1, -0.05) is 12.1 Å². The second-order valence-electron chi connectivity index (χ2n) is 4.88. The zero-order chi connectivity index (χ0) is 14.2. The fourth-order valence-electron chi connectivity index (χ4n) is 2.04. The summed E-state index contributed by atoms with van der Waals surface area (Å²) in [6.45, 7) is 1.97. The average Bonchev–Trinajstić information content (AvgIpc) is 2.98. The van der Waals surface area contributed by atoms with Gasteiger partial charge in [-0.2, -0.15) is 11.8 Å². The molecule has 1 N–H and O–H groups in total. The first-order valence-corrected chi connectivity index (χ1v) is 8.09. The van der Waals surface area contributed by atoms with E-state index >= 15 is 0 Å². The van der Waals surface area contributed by atoms with Crippen LogP contribution in [0.4, 0.5) is 4.39 Å². The van der Waals surface area contributed by atoms with Crippen LogP contribution in [-0.4, -0.2) is 31.4 Å². The van der Waals surface area contributed by atoms with E-state index in [1.165, 1.54) is 12.1 Å². The van der Waals surface area contributed by atoms with E-state index in [9.17, 15) is 9.18 Å². The summed E-state index contributed by atoms with van der Waals surface area (Å²) in [6, 6.07) is 6.59. The minimum absolute atomic E-state index is 0.0434. The third-order valence-corrected chi connectivity index (χ3v) is 4.36. The molecule has 1 atom stereocenters. The number of hydrogen-bond donors (Lipinski definition) is 1. The Morgan fingerprint density at radius 1 is 1.40 bits per heavy atom. The number of halogens is 1. The van der Waals surface area contributed by atoms with Gasteiger partial charge < -0.3 is 10.1 Å². The first kappa shape index (κ1) is 15.3. The Labute approximate surface area is 123 Å². The van der Waals surface area contributed by atoms with Crippen LogP contribution < -0.4 is 5.32 Å². The first-order chi connectivity index (χ1) is 9.75. The molecular weight excluding hydrogens is 277 g/mol. The van der Waals surface area contributed by atoms with Crippen LogP contribution in [0.2, 0.25) is 0 Å². The molecule has 1 saturated heterocycles. The predicted molar refractivity (Wildman–Crippen MR) is 79.1 cm³/mol. The quantitative estimate of drug-likeness (QED) is 0.786. The molecular formula is C15H20FNO2S. The van der Waals surface area contributed by atoms with Gasteiger partial charge >= 0.3 is 0 Å². The lowest BCUT2D eigenvalue weighted by atomic mass is 10.1. The van der Waals surface area contributed by atoms with Crippen molar-refractivity contribution in [2.75, 3.05) is 25.5 Å². The molecule has 0 saturated carbocycles. The molecule has 1 heterocycles. The Hall–Kier alpha value is -1.07. The largest absolute Gasteiger partial charge is 0.381 e. The van der Waals surface area contributed by atoms with E-state index in [-0.39, 0.29) is 17.6 Å². The van der Waals surface area contributed by atoms with Gasteiger partial charge in [-0.05, 0) is 36.3 Å². The molecule has 1 amide bonds. The molecule has 0 spiro atoms. The molecule has 1 aromatic carbocycles. The van der Waals surface area contributed by atoms with Crippen LogP contribution in [0.25, 0.3) is 0 Å². The molecule has 2 rings (SSSR count). The van der Waals surface area contributed by atoms with E-state index in [1.54, 1.807) is 11.8 Å². The lowest BCUT2D eigenvalue weighted by molar-refractivity contribution is -0.124. The topological polar surface area (TPSA) is 38.3 Å². The summed E-state index contributed by atoms with van der Waals surface area (Å²) >= 11 is 1.80. The Kier molecular flexibility index (Phi) is 6.33. The van der Waals surface area contributed by atoms with Gasteiger partial charge in [0, 0.05) is 18.9 Å². The zero-order valence-electron chi connectivity index (χ0n) is 11.4. The molecule has 0 radical (unpaired) electrons. The van der Waals surface area contributed by atoms with Crippen molar-refractivity contribution in [1.29, 1.82) is 0 Å². The number of rotatable bonds is 7. The average molecular weight is 297 g/mol. The maximum Gasteiger partial charge on any atom is 0.225 e. The van der Waals surface area contributed by atoms with Crippen LogP contribution in [0.3, 0.4) is 0 Å². The number of thioether (sulfide) groups is 1. The molecule has 5 heteroatoms. The van der Waals surface area contributed by atoms with Crippen LogP contribution in [0.5, 0.6) is 0 Å². The Balaban J connectivity index is 1.51. The fourth-order valence-corrected chi connectivity index (χ4v) is 2.96. The van der Waals surface area contributed by atoms with Crippen molar-refractivity contribution in [2.45, 2.75) is 18.6 Å². The lowest BCUT2D eigenvalue weighted by Crippen LogP contribution is -2.31. The minimum Gasteiger partial charge on any atom is -0.381 e. The molecule has 0 bridgehead atoms. The zero-order valence-corrected chi connectivity index (χ0v) is 12.3. The van der Waals surface area contributed by atoms with Gasteiger partial charge in [0.05, 0.1) is 12.5 Å². The maximum absolute atomic E-state index is 12.7. The molecule has 1 fully saturated rings. The highest BCUT2D eigenvalue weighted by molar-refractivity contribution is 7.98. The van der Waals surface area contributed by atoms with Crippen molar-refractivity contribution in [2.24, 2.45) is 5.92 Å². The van der Waals surface area contributed by atoms with Crippen molar-refractivity contribution in [3.8, 4) is 0 Å². The summed E-state index contributed by atoms with van der Waals surface area (Å²) in [5.41, 5.74) is 1.13. The highest BCUT2D eigenvalue weighted by Gasteiger charge is 2.22. The monoisotopic (exact) mass is 297 g/mol. The number of benzene rings is 1. The summed E-state index contributed by atoms with van der Waals surface area (Å²) in [5, 5.41) is 2.95. The van der Waals surface area contributed by atoms with Crippen LogP contribution in [0.15, 0.2) is 24.3 Å². The van der Waals surface area contributed by atoms with Gasteiger partial charge in [-0.25, -0.2) is 4.39 Å². The maximum atomic E-state index is 12.7. The van der Waals surface area contributed by atoms with E-state index in [1.807, 2.05) is 12.1 Å². The van der Waals surface area contributed by atoms with Crippen molar-refractivity contribution < 1.29 is 13.9 Å². The highest BCUT2D eigenvalue weighted by Crippen LogP contribution is 2.14. The Morgan fingerprint density at radius 3 is 2.90 bits per heavy atom. The van der Waals surface area contributed by atoms with Crippen LogP contribution in [0, 0.1) is 11.7 Å². The van der Waals surface area contributed by atoms with Gasteiger partial charge in [-0.3, -0.25) is 4.79 Å². The summed E-state index contributed by atoms with van der Waals surface area (Å²) in [7, 11) is 0. The van der Waals surface area contributed by atoms with E-state index in [0.29, 0.717) is 19.8 Å². The van der Waals surface area contributed by atoms with Crippen molar-refractivity contribution in [3.63, 3.8) is 0 Å². The third kappa shape index (κ3) is 5.13. The number of carbonyl (C=O) groups is 1.